The van der Waals surface area contributed by atoms with Crippen LogP contribution in [0.25, 0.3) is 21.7 Å². The molecule has 1 heterocycles. The van der Waals surface area contributed by atoms with Crippen molar-refractivity contribution in [2.45, 2.75) is 15.0 Å². The Balaban J connectivity index is 1.82. The van der Waals surface area contributed by atoms with E-state index in [2.05, 4.69) is 4.98 Å². The average molecular weight is 557 g/mol. The number of sulfonamides is 1. The molecule has 0 bridgehead atoms. The molecule has 1 aromatic heterocycles. The van der Waals surface area contributed by atoms with Crippen molar-refractivity contribution in [1.82, 2.24) is 4.98 Å². The van der Waals surface area contributed by atoms with Crippen LogP contribution in [-0.4, -0.2) is 21.8 Å². The summed E-state index contributed by atoms with van der Waals surface area (Å²) in [7, 11) is -7.81. The predicted octanol–water partition coefficient (Wildman–Crippen LogP) is 5.54. The van der Waals surface area contributed by atoms with Crippen molar-refractivity contribution in [3.63, 3.8) is 0 Å². The summed E-state index contributed by atoms with van der Waals surface area (Å²) in [5.41, 5.74) is 1.72. The Hall–Kier alpha value is -2.34. The fourth-order valence-corrected chi connectivity index (χ4v) is 7.01. The van der Waals surface area contributed by atoms with Gasteiger partial charge in [-0.2, -0.15) is 0 Å². The highest BCUT2D eigenvalue weighted by molar-refractivity contribution is 7.92. The van der Waals surface area contributed by atoms with Gasteiger partial charge in [-0.1, -0.05) is 47.5 Å². The maximum absolute atomic E-state index is 13.5. The SMILES string of the molecule is NS(=O)(=O)c1ccc(-c2nc(S(=O)(=O)Cc3cc(Cl)cc(Cl)c3)sc2-c2ccc(F)cc2)cc1. The molecular weight excluding hydrogens is 542 g/mol. The van der Waals surface area contributed by atoms with E-state index in [0.717, 1.165) is 11.3 Å². The quantitative estimate of drug-likeness (QED) is 0.335. The zero-order valence-corrected chi connectivity index (χ0v) is 21.0. The summed E-state index contributed by atoms with van der Waals surface area (Å²) in [5, 5.41) is 5.77. The van der Waals surface area contributed by atoms with E-state index in [4.69, 9.17) is 28.3 Å². The fraction of sp³-hybridized carbons (Fsp3) is 0.0455. The third kappa shape index (κ3) is 5.48. The van der Waals surface area contributed by atoms with Crippen molar-refractivity contribution in [1.29, 1.82) is 0 Å². The molecule has 6 nitrogen and oxygen atoms in total. The molecule has 0 saturated carbocycles. The van der Waals surface area contributed by atoms with Gasteiger partial charge in [0.25, 0.3) is 0 Å². The van der Waals surface area contributed by atoms with E-state index in [1.807, 2.05) is 0 Å². The zero-order valence-electron chi connectivity index (χ0n) is 17.1. The second-order valence-electron chi connectivity index (χ2n) is 7.27. The van der Waals surface area contributed by atoms with Crippen LogP contribution in [0.5, 0.6) is 0 Å². The summed E-state index contributed by atoms with van der Waals surface area (Å²) in [6.45, 7) is 0. The molecule has 12 heteroatoms. The third-order valence-corrected chi connectivity index (χ3v) is 9.33. The molecule has 0 spiro atoms. The van der Waals surface area contributed by atoms with Gasteiger partial charge in [0.2, 0.25) is 24.2 Å². The van der Waals surface area contributed by atoms with Gasteiger partial charge in [-0.05, 0) is 53.6 Å². The van der Waals surface area contributed by atoms with E-state index in [9.17, 15) is 21.2 Å². The lowest BCUT2D eigenvalue weighted by Crippen LogP contribution is -2.11. The molecule has 0 aliphatic carbocycles. The second kappa shape index (κ2) is 9.37. The summed E-state index contributed by atoms with van der Waals surface area (Å²) >= 11 is 12.9. The molecule has 4 rings (SSSR count). The zero-order chi connectivity index (χ0) is 24.7. The summed E-state index contributed by atoms with van der Waals surface area (Å²) < 4.78 is 62.9. The molecule has 2 N–H and O–H groups in total. The fourth-order valence-electron chi connectivity index (χ4n) is 3.20. The Bertz CT molecular complexity index is 1570. The minimum Gasteiger partial charge on any atom is -0.225 e. The summed E-state index contributed by atoms with van der Waals surface area (Å²) in [4.78, 5) is 4.76. The van der Waals surface area contributed by atoms with Crippen molar-refractivity contribution in [3.05, 3.63) is 88.2 Å². The Morgan fingerprint density at radius 3 is 1.97 bits per heavy atom. The topological polar surface area (TPSA) is 107 Å². The molecule has 0 atom stereocenters. The van der Waals surface area contributed by atoms with Gasteiger partial charge in [-0.15, -0.1) is 11.3 Å². The lowest BCUT2D eigenvalue weighted by Gasteiger charge is -2.04. The monoisotopic (exact) mass is 556 g/mol. The van der Waals surface area contributed by atoms with Crippen LogP contribution in [0.2, 0.25) is 10.0 Å². The largest absolute Gasteiger partial charge is 0.238 e. The maximum atomic E-state index is 13.5. The van der Waals surface area contributed by atoms with Gasteiger partial charge in [0.05, 0.1) is 21.2 Å². The molecule has 4 aromatic rings. The first-order valence-electron chi connectivity index (χ1n) is 9.50. The molecule has 0 aliphatic heterocycles. The number of halogens is 3. The number of rotatable bonds is 6. The summed E-state index contributed by atoms with van der Waals surface area (Å²) in [5.74, 6) is -0.828. The van der Waals surface area contributed by atoms with E-state index in [0.29, 0.717) is 37.3 Å². The minimum atomic E-state index is -3.91. The Kier molecular flexibility index (Phi) is 6.83. The standard InChI is InChI=1S/C22H15Cl2FN2O4S3/c23-16-9-13(10-17(24)11-16)12-33(28,29)22-27-20(14-3-7-19(8-4-14)34(26,30)31)21(32-22)15-1-5-18(25)6-2-15/h1-11H,12H2,(H2,26,30,31). The Morgan fingerprint density at radius 2 is 1.41 bits per heavy atom. The molecule has 34 heavy (non-hydrogen) atoms. The van der Waals surface area contributed by atoms with Crippen LogP contribution < -0.4 is 5.14 Å². The van der Waals surface area contributed by atoms with Gasteiger partial charge in [0.1, 0.15) is 5.82 Å². The van der Waals surface area contributed by atoms with E-state index in [1.54, 1.807) is 0 Å². The van der Waals surface area contributed by atoms with E-state index in [-0.39, 0.29) is 15.0 Å². The van der Waals surface area contributed by atoms with Gasteiger partial charge in [-0.3, -0.25) is 0 Å². The van der Waals surface area contributed by atoms with Crippen molar-refractivity contribution >= 4 is 54.4 Å². The van der Waals surface area contributed by atoms with Gasteiger partial charge < -0.3 is 0 Å². The van der Waals surface area contributed by atoms with E-state index < -0.39 is 25.7 Å². The number of hydrogen-bond donors (Lipinski definition) is 1. The average Bonchev–Trinajstić information content (AvgIpc) is 3.19. The maximum Gasteiger partial charge on any atom is 0.238 e. The van der Waals surface area contributed by atoms with Crippen LogP contribution >= 0.6 is 34.5 Å². The highest BCUT2D eigenvalue weighted by Gasteiger charge is 2.25. The first-order chi connectivity index (χ1) is 15.9. The van der Waals surface area contributed by atoms with Gasteiger partial charge >= 0.3 is 0 Å². The van der Waals surface area contributed by atoms with Gasteiger partial charge in [-0.25, -0.2) is 31.3 Å². The predicted molar refractivity (Wildman–Crippen MR) is 132 cm³/mol. The van der Waals surface area contributed by atoms with Crippen LogP contribution in [0.4, 0.5) is 4.39 Å². The molecule has 3 aromatic carbocycles. The molecular formula is C22H15Cl2FN2O4S3. The molecule has 0 amide bonds. The molecule has 0 unspecified atom stereocenters. The lowest BCUT2D eigenvalue weighted by atomic mass is 10.1. The third-order valence-electron chi connectivity index (χ3n) is 4.72. The van der Waals surface area contributed by atoms with Crippen LogP contribution in [0, 0.1) is 5.82 Å². The molecule has 176 valence electrons. The first kappa shape index (κ1) is 24.8. The van der Waals surface area contributed by atoms with Crippen molar-refractivity contribution in [2.75, 3.05) is 0 Å². The van der Waals surface area contributed by atoms with Gasteiger partial charge in [0, 0.05) is 15.6 Å². The number of primary sulfonamides is 1. The number of aromatic nitrogens is 1. The van der Waals surface area contributed by atoms with Gasteiger partial charge in [0.15, 0.2) is 0 Å². The van der Waals surface area contributed by atoms with Crippen LogP contribution in [0.15, 0.2) is 76.0 Å². The van der Waals surface area contributed by atoms with E-state index in [1.165, 1.54) is 66.7 Å². The molecule has 0 aliphatic rings. The number of sulfone groups is 1. The van der Waals surface area contributed by atoms with Crippen LogP contribution in [0.3, 0.4) is 0 Å². The highest BCUT2D eigenvalue weighted by atomic mass is 35.5. The van der Waals surface area contributed by atoms with Crippen molar-refractivity contribution in [3.8, 4) is 21.7 Å². The Morgan fingerprint density at radius 1 is 0.853 bits per heavy atom. The molecule has 0 radical (unpaired) electrons. The number of hydrogen-bond acceptors (Lipinski definition) is 6. The Labute approximate surface area is 209 Å². The van der Waals surface area contributed by atoms with Crippen LogP contribution in [-0.2, 0) is 25.6 Å². The normalized spacial score (nSPS) is 12.1. The van der Waals surface area contributed by atoms with Crippen LogP contribution in [0.1, 0.15) is 5.56 Å². The number of nitrogens with zero attached hydrogens (tertiary/aromatic N) is 1. The van der Waals surface area contributed by atoms with E-state index >= 15 is 0 Å². The lowest BCUT2D eigenvalue weighted by molar-refractivity contribution is 0.594. The summed E-state index contributed by atoms with van der Waals surface area (Å²) in [6.07, 6.45) is 0. The summed E-state index contributed by atoms with van der Waals surface area (Å²) in [6, 6.07) is 15.6. The number of benzene rings is 3. The first-order valence-corrected chi connectivity index (χ1v) is 14.3. The second-order valence-corrected chi connectivity index (χ2v) is 12.9. The minimum absolute atomic E-state index is 0.0968. The molecule has 0 fully saturated rings. The number of nitrogens with two attached hydrogens (primary N) is 1. The number of thiazole rings is 1. The van der Waals surface area contributed by atoms with Crippen molar-refractivity contribution < 1.29 is 21.2 Å². The van der Waals surface area contributed by atoms with Crippen molar-refractivity contribution in [2.24, 2.45) is 5.14 Å². The molecule has 0 saturated heterocycles. The highest BCUT2D eigenvalue weighted by Crippen LogP contribution is 2.39. The smallest absolute Gasteiger partial charge is 0.225 e.